The minimum atomic E-state index is -4.52. The van der Waals surface area contributed by atoms with E-state index in [0.29, 0.717) is 29.0 Å². The summed E-state index contributed by atoms with van der Waals surface area (Å²) in [5.41, 5.74) is 1.74. The number of ether oxygens (including phenoxy) is 2. The van der Waals surface area contributed by atoms with Gasteiger partial charge in [-0.15, -0.1) is 0 Å². The monoisotopic (exact) mass is 644 g/mol. The number of hydrogen-bond donors (Lipinski definition) is 0. The van der Waals surface area contributed by atoms with Gasteiger partial charge in [0, 0.05) is 42.8 Å². The summed E-state index contributed by atoms with van der Waals surface area (Å²) >= 11 is 0. The molecule has 4 aromatic carbocycles. The Morgan fingerprint density at radius 2 is 1.02 bits per heavy atom. The van der Waals surface area contributed by atoms with Gasteiger partial charge in [0.15, 0.2) is 0 Å². The first-order valence-electron chi connectivity index (χ1n) is 12.0. The third-order valence-electron chi connectivity index (χ3n) is 5.83. The molecule has 0 spiro atoms. The summed E-state index contributed by atoms with van der Waals surface area (Å²) < 4.78 is 66.6. The van der Waals surface area contributed by atoms with Crippen molar-refractivity contribution in [2.75, 3.05) is 13.2 Å². The molecule has 0 radical (unpaired) electrons. The first-order valence-corrected chi connectivity index (χ1v) is 15.7. The number of hydrogen-bond acceptors (Lipinski definition) is 9. The van der Waals surface area contributed by atoms with Crippen molar-refractivity contribution in [1.82, 2.24) is 0 Å². The number of carbonyl (C=O) groups excluding carboxylic acids is 2. The van der Waals surface area contributed by atoms with Gasteiger partial charge in [-0.1, -0.05) is 60.7 Å². The summed E-state index contributed by atoms with van der Waals surface area (Å²) in [5.74, 6) is -0.706. The molecule has 0 amide bonds. The number of rotatable bonds is 8. The number of esters is 2. The maximum absolute atomic E-state index is 11.6. The molecule has 0 heterocycles. The van der Waals surface area contributed by atoms with Gasteiger partial charge >= 0.3 is 63.3 Å². The maximum atomic E-state index is 11.6. The second-order valence-corrected chi connectivity index (χ2v) is 12.5. The van der Waals surface area contributed by atoms with Crippen molar-refractivity contribution >= 4 is 63.3 Å². The molecule has 212 valence electrons. The molecule has 0 fully saturated rings. The van der Waals surface area contributed by atoms with Crippen LogP contribution in [0.25, 0.3) is 21.5 Å². The van der Waals surface area contributed by atoms with Crippen molar-refractivity contribution < 1.29 is 91.8 Å². The molecule has 0 aliphatic heterocycles. The summed E-state index contributed by atoms with van der Waals surface area (Å²) in [6.07, 6.45) is 0.974. The van der Waals surface area contributed by atoms with Crippen LogP contribution in [0.5, 0.6) is 0 Å². The van der Waals surface area contributed by atoms with Crippen LogP contribution in [0.4, 0.5) is 0 Å². The van der Waals surface area contributed by atoms with Gasteiger partial charge in [0.2, 0.25) is 0 Å². The van der Waals surface area contributed by atoms with Gasteiger partial charge < -0.3 is 14.0 Å². The predicted molar refractivity (Wildman–Crippen MR) is 150 cm³/mol. The van der Waals surface area contributed by atoms with E-state index in [1.807, 2.05) is 12.1 Å². The fourth-order valence-electron chi connectivity index (χ4n) is 4.14. The second-order valence-electron chi connectivity index (χ2n) is 8.61. The van der Waals surface area contributed by atoms with Crippen LogP contribution >= 0.6 is 10.7 Å². The topological polar surface area (TPSA) is 144 Å². The molecule has 0 saturated carbocycles. The van der Waals surface area contributed by atoms with Crippen molar-refractivity contribution in [1.29, 1.82) is 0 Å². The van der Waals surface area contributed by atoms with E-state index in [0.717, 1.165) is 16.5 Å². The van der Waals surface area contributed by atoms with Crippen LogP contribution in [0.2, 0.25) is 0 Å². The molecule has 13 heteroatoms. The van der Waals surface area contributed by atoms with Gasteiger partial charge in [-0.25, -0.2) is 16.8 Å². The molecule has 41 heavy (non-hydrogen) atoms. The maximum Gasteiger partial charge on any atom is 1.00 e. The van der Waals surface area contributed by atoms with E-state index < -0.39 is 19.2 Å². The van der Waals surface area contributed by atoms with Crippen LogP contribution in [-0.2, 0) is 51.1 Å². The molecule has 4 rings (SSSR count). The van der Waals surface area contributed by atoms with Gasteiger partial charge in [-0.05, 0) is 39.4 Å². The first-order chi connectivity index (χ1) is 18.8. The Labute approximate surface area is 285 Å². The van der Waals surface area contributed by atoms with Crippen LogP contribution in [0.1, 0.15) is 25.0 Å². The van der Waals surface area contributed by atoms with Crippen LogP contribution in [0.15, 0.2) is 82.6 Å². The van der Waals surface area contributed by atoms with E-state index in [-0.39, 0.29) is 86.3 Å². The average molecular weight is 645 g/mol. The van der Waals surface area contributed by atoms with Crippen LogP contribution in [0, 0.1) is 0 Å². The van der Waals surface area contributed by atoms with Gasteiger partial charge in [-0.2, -0.15) is 0 Å². The first kappa shape index (κ1) is 35.3. The van der Waals surface area contributed by atoms with Gasteiger partial charge in [0.1, 0.15) is 10.1 Å². The Hall–Kier alpha value is -1.87. The number of fused-ring (bicyclic) bond motifs is 2. The molecular formula is C28H26ClKO9S2. The molecule has 9 nitrogen and oxygen atoms in total. The van der Waals surface area contributed by atoms with E-state index in [2.05, 4.69) is 0 Å². The van der Waals surface area contributed by atoms with E-state index in [9.17, 15) is 31.0 Å². The van der Waals surface area contributed by atoms with Gasteiger partial charge in [0.05, 0.1) is 23.0 Å². The summed E-state index contributed by atoms with van der Waals surface area (Å²) in [4.78, 5) is 21.4. The molecular weight excluding hydrogens is 619 g/mol. The molecule has 4 aromatic rings. The Balaban J connectivity index is 0.000000280. The van der Waals surface area contributed by atoms with Crippen molar-refractivity contribution in [3.8, 4) is 0 Å². The van der Waals surface area contributed by atoms with E-state index in [1.54, 1.807) is 48.5 Å². The Kier molecular flexibility index (Phi) is 13.4. The molecule has 0 aromatic heterocycles. The zero-order valence-electron chi connectivity index (χ0n) is 22.6. The van der Waals surface area contributed by atoms with Crippen LogP contribution in [0.3, 0.4) is 0 Å². The van der Waals surface area contributed by atoms with Crippen LogP contribution < -0.4 is 51.4 Å². The number of carbonyl (C=O) groups is 2. The van der Waals surface area contributed by atoms with Crippen molar-refractivity contribution in [3.63, 3.8) is 0 Å². The minimum Gasteiger partial charge on any atom is -0.744 e. The second kappa shape index (κ2) is 15.6. The largest absolute Gasteiger partial charge is 1.00 e. The zero-order chi connectivity index (χ0) is 29.5. The standard InChI is InChI=1S/C14H13ClO4S.C14H14O5S.K/c1-10(16)19-9-8-11-6-7-14(20(15,17)18)13-5-3-2-4-12(11)13;1-10(15)19-9-8-11-6-7-14(20(16,17)18)13-5-3-2-4-12(11)13;/h2-7H,8-9H2,1H3;2-7H,8-9H2,1H3,(H,16,17,18);/q;;+1/p-1. The van der Waals surface area contributed by atoms with Gasteiger partial charge in [0.25, 0.3) is 9.05 Å². The molecule has 0 aliphatic rings. The smallest absolute Gasteiger partial charge is 0.744 e. The SMILES string of the molecule is CC(=O)OCCc1ccc(S(=O)(=O)Cl)c2ccccc12.CC(=O)OCCc1ccc(S(=O)(=O)[O-])c2ccccc12.[K+]. The predicted octanol–water partition coefficient (Wildman–Crippen LogP) is 1.73. The third kappa shape index (κ3) is 10.1. The summed E-state index contributed by atoms with van der Waals surface area (Å²) in [6, 6.07) is 19.9. The third-order valence-corrected chi connectivity index (χ3v) is 8.11. The molecule has 0 unspecified atom stereocenters. The fourth-order valence-corrected chi connectivity index (χ4v) is 5.90. The van der Waals surface area contributed by atoms with E-state index in [4.69, 9.17) is 20.2 Å². The molecule has 0 bridgehead atoms. The zero-order valence-corrected chi connectivity index (χ0v) is 28.1. The van der Waals surface area contributed by atoms with Crippen molar-refractivity contribution in [3.05, 3.63) is 83.9 Å². The van der Waals surface area contributed by atoms with E-state index >= 15 is 0 Å². The van der Waals surface area contributed by atoms with E-state index in [1.165, 1.54) is 26.0 Å². The quantitative estimate of drug-likeness (QED) is 0.121. The minimum absolute atomic E-state index is 0. The Morgan fingerprint density at radius 3 is 1.39 bits per heavy atom. The molecule has 0 N–H and O–H groups in total. The number of benzene rings is 4. The normalized spacial score (nSPS) is 11.2. The van der Waals surface area contributed by atoms with Gasteiger partial charge in [-0.3, -0.25) is 9.59 Å². The Bertz CT molecular complexity index is 1640. The van der Waals surface area contributed by atoms with Crippen molar-refractivity contribution in [2.45, 2.75) is 36.5 Å². The molecule has 0 atom stereocenters. The van der Waals surface area contributed by atoms with Crippen LogP contribution in [-0.4, -0.2) is 46.5 Å². The molecule has 0 aliphatic carbocycles. The Morgan fingerprint density at radius 1 is 0.659 bits per heavy atom. The van der Waals surface area contributed by atoms with Crippen molar-refractivity contribution in [2.24, 2.45) is 0 Å². The summed E-state index contributed by atoms with van der Waals surface area (Å²) in [7, 11) is -2.87. The summed E-state index contributed by atoms with van der Waals surface area (Å²) in [5, 5.41) is 2.43. The number of halogens is 1. The molecule has 0 saturated heterocycles. The average Bonchev–Trinajstić information content (AvgIpc) is 2.87. The summed E-state index contributed by atoms with van der Waals surface area (Å²) in [6.45, 7) is 3.14. The fraction of sp³-hybridized carbons (Fsp3) is 0.214.